The third-order valence-electron chi connectivity index (χ3n) is 7.57. The van der Waals surface area contributed by atoms with Crippen LogP contribution in [0, 0.1) is 0 Å². The monoisotopic (exact) mass is 472 g/mol. The molecule has 1 aromatic carbocycles. The molecule has 0 saturated carbocycles. The van der Waals surface area contributed by atoms with Gasteiger partial charge in [-0.3, -0.25) is 0 Å². The number of aryl methyl sites for hydroxylation is 4. The topological polar surface area (TPSA) is 57.4 Å². The van der Waals surface area contributed by atoms with Gasteiger partial charge in [0.05, 0.1) is 33.1 Å². The SMILES string of the molecule is CCc1c(CC)c2[nH]c1ccc1ccc3ccc4ccc(ccc5[nH]c2c(CC)c5CC)nc4c3n1. The average molecular weight is 473 g/mol. The van der Waals surface area contributed by atoms with E-state index in [9.17, 15) is 0 Å². The molecule has 0 saturated heterocycles. The van der Waals surface area contributed by atoms with Crippen LogP contribution >= 0.6 is 0 Å². The summed E-state index contributed by atoms with van der Waals surface area (Å²) in [5.41, 5.74) is 14.1. The predicted octanol–water partition coefficient (Wildman–Crippen LogP) is 8.27. The molecule has 36 heavy (non-hydrogen) atoms. The van der Waals surface area contributed by atoms with Crippen LogP contribution in [0.15, 0.2) is 60.7 Å². The maximum atomic E-state index is 5.03. The highest BCUT2D eigenvalue weighted by Gasteiger charge is 2.15. The molecule has 0 amide bonds. The molecular formula is C32H32N4. The molecule has 0 spiro atoms. The standard InChI is InChI=1S/C32H32N4/c1-5-23-25(7-3)31-32-26(8-4)24(6-2)28(36-32)18-16-22-14-12-20-10-9-19-11-13-21(15-17-27(23)35-31)33-29(19)30(20)34-22/h9-18,35-36H,5-8H2,1-4H3. The number of fused-ring (bicyclic) bond motifs is 7. The molecule has 4 nitrogen and oxygen atoms in total. The molecule has 4 heteroatoms. The second-order valence-corrected chi connectivity index (χ2v) is 9.50. The summed E-state index contributed by atoms with van der Waals surface area (Å²) in [6.07, 6.45) is 3.94. The van der Waals surface area contributed by atoms with E-state index >= 15 is 0 Å². The fourth-order valence-corrected chi connectivity index (χ4v) is 5.82. The Balaban J connectivity index is 1.85. The van der Waals surface area contributed by atoms with E-state index < -0.39 is 0 Å². The van der Waals surface area contributed by atoms with Crippen molar-refractivity contribution >= 4 is 54.9 Å². The fourth-order valence-electron chi connectivity index (χ4n) is 5.82. The van der Waals surface area contributed by atoms with Crippen molar-refractivity contribution in [1.82, 2.24) is 19.9 Å². The minimum Gasteiger partial charge on any atom is -0.353 e. The van der Waals surface area contributed by atoms with Gasteiger partial charge in [-0.2, -0.15) is 0 Å². The van der Waals surface area contributed by atoms with Crippen LogP contribution < -0.4 is 0 Å². The zero-order chi connectivity index (χ0) is 24.8. The Kier molecular flexibility index (Phi) is 5.60. The number of aromatic nitrogens is 4. The highest BCUT2D eigenvalue weighted by Crippen LogP contribution is 2.31. The lowest BCUT2D eigenvalue weighted by Gasteiger charge is -2.03. The first-order valence-electron chi connectivity index (χ1n) is 13.2. The molecule has 0 aliphatic heterocycles. The number of pyridine rings is 2. The Bertz CT molecular complexity index is 1700. The Morgan fingerprint density at radius 2 is 0.833 bits per heavy atom. The largest absolute Gasteiger partial charge is 0.353 e. The summed E-state index contributed by atoms with van der Waals surface area (Å²) in [7, 11) is 0. The number of hydrogen-bond acceptors (Lipinski definition) is 2. The van der Waals surface area contributed by atoms with Crippen LogP contribution in [-0.2, 0) is 25.7 Å². The minimum absolute atomic E-state index is 0.936. The molecular weight excluding hydrogens is 440 g/mol. The predicted molar refractivity (Wildman–Crippen MR) is 153 cm³/mol. The van der Waals surface area contributed by atoms with Crippen molar-refractivity contribution in [2.24, 2.45) is 0 Å². The van der Waals surface area contributed by atoms with Crippen LogP contribution in [-0.4, -0.2) is 19.9 Å². The number of H-pyrrole nitrogens is 2. The van der Waals surface area contributed by atoms with Gasteiger partial charge in [-0.1, -0.05) is 52.0 Å². The van der Waals surface area contributed by atoms with Crippen LogP contribution in [0.5, 0.6) is 0 Å². The lowest BCUT2D eigenvalue weighted by atomic mass is 10.0. The summed E-state index contributed by atoms with van der Waals surface area (Å²) in [5, 5.41) is 2.21. The van der Waals surface area contributed by atoms with E-state index in [4.69, 9.17) is 9.97 Å². The van der Waals surface area contributed by atoms with E-state index in [1.54, 1.807) is 0 Å². The van der Waals surface area contributed by atoms with Crippen molar-refractivity contribution in [2.45, 2.75) is 53.4 Å². The van der Waals surface area contributed by atoms with E-state index in [-0.39, 0.29) is 0 Å². The summed E-state index contributed by atoms with van der Waals surface area (Å²) >= 11 is 0. The first kappa shape index (κ1) is 22.5. The molecule has 2 N–H and O–H groups in total. The van der Waals surface area contributed by atoms with Crippen LogP contribution in [0.2, 0.25) is 0 Å². The average Bonchev–Trinajstić information content (AvgIpc) is 3.46. The van der Waals surface area contributed by atoms with Gasteiger partial charge in [-0.05, 0) is 84.3 Å². The second-order valence-electron chi connectivity index (χ2n) is 9.50. The number of rotatable bonds is 4. The van der Waals surface area contributed by atoms with Crippen LogP contribution in [0.25, 0.3) is 54.9 Å². The zero-order valence-corrected chi connectivity index (χ0v) is 21.5. The number of nitrogens with zero attached hydrogens (tertiary/aromatic N) is 2. The quantitative estimate of drug-likeness (QED) is 0.254. The molecule has 180 valence electrons. The van der Waals surface area contributed by atoms with Gasteiger partial charge in [-0.15, -0.1) is 0 Å². The second kappa shape index (κ2) is 8.94. The summed E-state index contributed by atoms with van der Waals surface area (Å²) in [6.45, 7) is 9.01. The van der Waals surface area contributed by atoms with Crippen LogP contribution in [0.1, 0.15) is 49.9 Å². The minimum atomic E-state index is 0.936. The molecule has 0 aliphatic rings. The highest BCUT2D eigenvalue weighted by atomic mass is 14.8. The lowest BCUT2D eigenvalue weighted by molar-refractivity contribution is 1.07. The lowest BCUT2D eigenvalue weighted by Crippen LogP contribution is -1.88. The van der Waals surface area contributed by atoms with Crippen molar-refractivity contribution in [3.05, 3.63) is 82.9 Å². The van der Waals surface area contributed by atoms with Gasteiger partial charge in [-0.25, -0.2) is 9.97 Å². The van der Waals surface area contributed by atoms with E-state index in [2.05, 4.69) is 98.3 Å². The summed E-state index contributed by atoms with van der Waals surface area (Å²) in [6, 6.07) is 21.4. The fraction of sp³-hybridized carbons (Fsp3) is 0.250. The maximum Gasteiger partial charge on any atom is 0.0972 e. The van der Waals surface area contributed by atoms with Gasteiger partial charge in [0, 0.05) is 21.8 Å². The third-order valence-corrected chi connectivity index (χ3v) is 7.57. The molecule has 0 atom stereocenters. The Morgan fingerprint density at radius 3 is 1.22 bits per heavy atom. The van der Waals surface area contributed by atoms with Crippen LogP contribution in [0.4, 0.5) is 0 Å². The van der Waals surface area contributed by atoms with Crippen molar-refractivity contribution < 1.29 is 0 Å². The number of hydrogen-bond donors (Lipinski definition) is 2. The Morgan fingerprint density at radius 1 is 0.472 bits per heavy atom. The van der Waals surface area contributed by atoms with Gasteiger partial charge in [0.2, 0.25) is 0 Å². The smallest absolute Gasteiger partial charge is 0.0972 e. The van der Waals surface area contributed by atoms with Gasteiger partial charge in [0.1, 0.15) is 0 Å². The van der Waals surface area contributed by atoms with Gasteiger partial charge in [0.15, 0.2) is 0 Å². The molecule has 6 rings (SSSR count). The summed E-state index contributed by atoms with van der Waals surface area (Å²) in [4.78, 5) is 17.7. The highest BCUT2D eigenvalue weighted by molar-refractivity contribution is 6.04. The molecule has 5 aromatic heterocycles. The Hall–Kier alpha value is -3.92. The summed E-state index contributed by atoms with van der Waals surface area (Å²) in [5.74, 6) is 0. The number of nitrogens with one attached hydrogen (secondary N) is 2. The molecule has 8 bridgehead atoms. The van der Waals surface area contributed by atoms with Gasteiger partial charge >= 0.3 is 0 Å². The molecule has 0 fully saturated rings. The van der Waals surface area contributed by atoms with E-state index in [0.717, 1.165) is 58.5 Å². The third kappa shape index (κ3) is 3.51. The van der Waals surface area contributed by atoms with Gasteiger partial charge in [0.25, 0.3) is 0 Å². The normalized spacial score (nSPS) is 11.8. The van der Waals surface area contributed by atoms with Crippen molar-refractivity contribution in [1.29, 1.82) is 0 Å². The van der Waals surface area contributed by atoms with Crippen molar-refractivity contribution in [3.8, 4) is 0 Å². The van der Waals surface area contributed by atoms with E-state index in [1.807, 2.05) is 0 Å². The number of benzene rings is 1. The first-order chi connectivity index (χ1) is 17.6. The zero-order valence-electron chi connectivity index (χ0n) is 21.5. The van der Waals surface area contributed by atoms with Crippen molar-refractivity contribution in [3.63, 3.8) is 0 Å². The van der Waals surface area contributed by atoms with Crippen LogP contribution in [0.3, 0.4) is 0 Å². The molecule has 0 aliphatic carbocycles. The molecule has 6 aromatic rings. The van der Waals surface area contributed by atoms with Crippen molar-refractivity contribution in [2.75, 3.05) is 0 Å². The molecule has 0 unspecified atom stereocenters. The number of aromatic amines is 2. The first-order valence-corrected chi connectivity index (χ1v) is 13.2. The molecule has 0 radical (unpaired) electrons. The maximum absolute atomic E-state index is 5.03. The van der Waals surface area contributed by atoms with E-state index in [1.165, 1.54) is 44.3 Å². The summed E-state index contributed by atoms with van der Waals surface area (Å²) < 4.78 is 0. The van der Waals surface area contributed by atoms with E-state index in [0.29, 0.717) is 0 Å². The molecule has 5 heterocycles. The Labute approximate surface area is 211 Å². The van der Waals surface area contributed by atoms with Gasteiger partial charge < -0.3 is 9.97 Å².